The van der Waals surface area contributed by atoms with Crippen molar-refractivity contribution in [3.8, 4) is 11.5 Å². The van der Waals surface area contributed by atoms with Gasteiger partial charge in [0.15, 0.2) is 11.6 Å². The van der Waals surface area contributed by atoms with E-state index in [1.54, 1.807) is 18.2 Å². The van der Waals surface area contributed by atoms with E-state index in [1.807, 2.05) is 5.32 Å². The monoisotopic (exact) mass is 331 g/mol. The normalized spacial score (nSPS) is 14.1. The Balaban J connectivity index is 2.38. The van der Waals surface area contributed by atoms with E-state index >= 15 is 0 Å². The smallest absolute Gasteiger partial charge is 0.259 e. The summed E-state index contributed by atoms with van der Waals surface area (Å²) in [7, 11) is 1.37. The molecule has 1 aliphatic heterocycles. The Hall–Kier alpha value is -3.22. The number of hydrogen-bond acceptors (Lipinski definition) is 4. The van der Waals surface area contributed by atoms with Gasteiger partial charge in [-0.2, -0.15) is 0 Å². The number of para-hydroxylation sites is 1. The number of carbonyl (C=O) groups excluding carboxylic acids is 2. The van der Waals surface area contributed by atoms with E-state index in [0.717, 1.165) is 12.1 Å². The van der Waals surface area contributed by atoms with E-state index in [2.05, 4.69) is 0 Å². The molecule has 0 radical (unpaired) electrons. The summed E-state index contributed by atoms with van der Waals surface area (Å²) in [5.41, 5.74) is -1.09. The minimum atomic E-state index is -1.11. The minimum absolute atomic E-state index is 0.197. The number of imide groups is 1. The second-order valence-electron chi connectivity index (χ2n) is 4.99. The lowest BCUT2D eigenvalue weighted by Gasteiger charge is -2.11. The second kappa shape index (κ2) is 5.77. The summed E-state index contributed by atoms with van der Waals surface area (Å²) in [4.78, 5) is 24.4. The van der Waals surface area contributed by atoms with Gasteiger partial charge >= 0.3 is 0 Å². The summed E-state index contributed by atoms with van der Waals surface area (Å²) in [5, 5.41) is 11.9. The van der Waals surface area contributed by atoms with Crippen LogP contribution in [0.1, 0.15) is 11.1 Å². The fourth-order valence-corrected chi connectivity index (χ4v) is 2.58. The molecule has 5 nitrogen and oxygen atoms in total. The summed E-state index contributed by atoms with van der Waals surface area (Å²) in [6.07, 6.45) is 0. The number of amides is 2. The van der Waals surface area contributed by atoms with Gasteiger partial charge < -0.3 is 9.84 Å². The van der Waals surface area contributed by atoms with Gasteiger partial charge in [0.05, 0.1) is 23.8 Å². The first-order chi connectivity index (χ1) is 11.5. The van der Waals surface area contributed by atoms with Crippen molar-refractivity contribution in [1.82, 2.24) is 5.32 Å². The van der Waals surface area contributed by atoms with Gasteiger partial charge in [-0.15, -0.1) is 0 Å². The van der Waals surface area contributed by atoms with Crippen molar-refractivity contribution < 1.29 is 28.2 Å². The van der Waals surface area contributed by atoms with Crippen LogP contribution in [0.5, 0.6) is 11.5 Å². The van der Waals surface area contributed by atoms with Crippen LogP contribution in [-0.4, -0.2) is 24.0 Å². The molecule has 0 bridgehead atoms. The van der Waals surface area contributed by atoms with Crippen LogP contribution < -0.4 is 10.1 Å². The molecule has 0 unspecified atom stereocenters. The maximum atomic E-state index is 14.2. The van der Waals surface area contributed by atoms with Crippen molar-refractivity contribution in [3.05, 3.63) is 59.2 Å². The number of hydrogen-bond donors (Lipinski definition) is 2. The molecule has 0 spiro atoms. The Labute approximate surface area is 135 Å². The molecule has 1 heterocycles. The number of ether oxygens (including phenoxy) is 1. The highest BCUT2D eigenvalue weighted by atomic mass is 19.1. The lowest BCUT2D eigenvalue weighted by Crippen LogP contribution is -2.23. The maximum absolute atomic E-state index is 14.2. The first kappa shape index (κ1) is 15.7. The average Bonchev–Trinajstić information content (AvgIpc) is 2.85. The molecule has 2 amide bonds. The molecule has 24 heavy (non-hydrogen) atoms. The van der Waals surface area contributed by atoms with E-state index < -0.39 is 40.3 Å². The van der Waals surface area contributed by atoms with Gasteiger partial charge in [-0.25, -0.2) is 8.78 Å². The molecule has 2 aromatic rings. The second-order valence-corrected chi connectivity index (χ2v) is 4.99. The minimum Gasteiger partial charge on any atom is -0.504 e. The summed E-state index contributed by atoms with van der Waals surface area (Å²) < 4.78 is 33.0. The molecule has 122 valence electrons. The number of phenolic OH excluding ortho intramolecular Hbond substituents is 1. The molecule has 0 aliphatic carbocycles. The van der Waals surface area contributed by atoms with E-state index in [0.29, 0.717) is 0 Å². The van der Waals surface area contributed by atoms with Crippen molar-refractivity contribution in [3.63, 3.8) is 0 Å². The van der Waals surface area contributed by atoms with Gasteiger partial charge in [0, 0.05) is 5.56 Å². The highest BCUT2D eigenvalue weighted by Crippen LogP contribution is 2.40. The maximum Gasteiger partial charge on any atom is 0.259 e. The first-order valence-corrected chi connectivity index (χ1v) is 6.86. The van der Waals surface area contributed by atoms with Crippen LogP contribution in [0.15, 0.2) is 36.4 Å². The molecule has 0 atom stereocenters. The molecule has 7 heteroatoms. The van der Waals surface area contributed by atoms with Gasteiger partial charge in [0.2, 0.25) is 0 Å². The molecule has 2 N–H and O–H groups in total. The molecule has 0 saturated heterocycles. The molecule has 1 aliphatic rings. The average molecular weight is 331 g/mol. The Morgan fingerprint density at radius 3 is 2.29 bits per heavy atom. The molecule has 0 saturated carbocycles. The third-order valence-electron chi connectivity index (χ3n) is 3.64. The molecule has 0 aromatic heterocycles. The Morgan fingerprint density at radius 1 is 0.958 bits per heavy atom. The van der Waals surface area contributed by atoms with Crippen LogP contribution in [0.3, 0.4) is 0 Å². The summed E-state index contributed by atoms with van der Waals surface area (Å²) in [6, 6.07) is 7.80. The Bertz CT molecular complexity index is 905. The molecule has 3 rings (SSSR count). The predicted octanol–water partition coefficient (Wildman–Crippen LogP) is 2.25. The van der Waals surface area contributed by atoms with Gasteiger partial charge in [0.1, 0.15) is 11.6 Å². The molecule has 0 fully saturated rings. The molecule has 2 aromatic carbocycles. The number of carbonyl (C=O) groups is 2. The lowest BCUT2D eigenvalue weighted by molar-refractivity contribution is -0.122. The standard InChI is InChI=1S/C17H11F2NO4/c1-24-11-5-3-2-4-8(11)12-14(17(23)20-16(12)22)13-9(18)6-7-10(19)15(13)21/h2-7,21H,1H3,(H,20,22,23). The van der Waals surface area contributed by atoms with Crippen molar-refractivity contribution in [1.29, 1.82) is 0 Å². The highest BCUT2D eigenvalue weighted by Gasteiger charge is 2.36. The first-order valence-electron chi connectivity index (χ1n) is 6.86. The van der Waals surface area contributed by atoms with Crippen molar-refractivity contribution in [2.45, 2.75) is 0 Å². The van der Waals surface area contributed by atoms with Crippen molar-refractivity contribution in [2.75, 3.05) is 7.11 Å². The van der Waals surface area contributed by atoms with Gasteiger partial charge in [-0.3, -0.25) is 14.9 Å². The third-order valence-corrected chi connectivity index (χ3v) is 3.64. The predicted molar refractivity (Wildman–Crippen MR) is 81.0 cm³/mol. The summed E-state index contributed by atoms with van der Waals surface area (Å²) in [5.74, 6) is -4.62. The van der Waals surface area contributed by atoms with Crippen LogP contribution in [0, 0.1) is 11.6 Å². The SMILES string of the molecule is COc1ccccc1C1=C(c2c(F)ccc(F)c2O)C(=O)NC1=O. The number of phenols is 1. The van der Waals surface area contributed by atoms with E-state index in [9.17, 15) is 23.5 Å². The fourth-order valence-electron chi connectivity index (χ4n) is 2.58. The van der Waals surface area contributed by atoms with E-state index in [1.165, 1.54) is 13.2 Å². The van der Waals surface area contributed by atoms with Crippen molar-refractivity contribution >= 4 is 23.0 Å². The van der Waals surface area contributed by atoms with Crippen LogP contribution in [0.2, 0.25) is 0 Å². The number of methoxy groups -OCH3 is 1. The summed E-state index contributed by atoms with van der Waals surface area (Å²) in [6.45, 7) is 0. The number of rotatable bonds is 3. The molecular formula is C17H11F2NO4. The zero-order chi connectivity index (χ0) is 17.4. The van der Waals surface area contributed by atoms with Gasteiger partial charge in [-0.05, 0) is 18.2 Å². The number of benzene rings is 2. The van der Waals surface area contributed by atoms with Gasteiger partial charge in [-0.1, -0.05) is 18.2 Å². The van der Waals surface area contributed by atoms with Crippen LogP contribution in [0.25, 0.3) is 11.1 Å². The van der Waals surface area contributed by atoms with E-state index in [-0.39, 0.29) is 16.9 Å². The zero-order valence-corrected chi connectivity index (χ0v) is 12.4. The Kier molecular flexibility index (Phi) is 3.76. The lowest BCUT2D eigenvalue weighted by atomic mass is 9.94. The van der Waals surface area contributed by atoms with Crippen LogP contribution in [0.4, 0.5) is 8.78 Å². The van der Waals surface area contributed by atoms with E-state index in [4.69, 9.17) is 4.74 Å². The topological polar surface area (TPSA) is 75.6 Å². The fraction of sp³-hybridized carbons (Fsp3) is 0.0588. The van der Waals surface area contributed by atoms with Gasteiger partial charge in [0.25, 0.3) is 11.8 Å². The quantitative estimate of drug-likeness (QED) is 0.846. The highest BCUT2D eigenvalue weighted by molar-refractivity contribution is 6.49. The zero-order valence-electron chi connectivity index (χ0n) is 12.4. The van der Waals surface area contributed by atoms with Crippen LogP contribution in [-0.2, 0) is 9.59 Å². The largest absolute Gasteiger partial charge is 0.504 e. The van der Waals surface area contributed by atoms with Crippen molar-refractivity contribution in [2.24, 2.45) is 0 Å². The molecular weight excluding hydrogens is 320 g/mol. The number of aromatic hydroxyl groups is 1. The number of nitrogens with one attached hydrogen (secondary N) is 1. The summed E-state index contributed by atoms with van der Waals surface area (Å²) >= 11 is 0. The Morgan fingerprint density at radius 2 is 1.58 bits per heavy atom. The third kappa shape index (κ3) is 2.30. The number of halogens is 2. The van der Waals surface area contributed by atoms with Crippen LogP contribution >= 0.6 is 0 Å².